The third-order valence-corrected chi connectivity index (χ3v) is 3.91. The molecule has 0 saturated heterocycles. The summed E-state index contributed by atoms with van der Waals surface area (Å²) in [5.74, 6) is 0.511. The number of aromatic hydroxyl groups is 2. The molecule has 2 aromatic heterocycles. The van der Waals surface area contributed by atoms with E-state index in [1.165, 1.54) is 6.08 Å². The predicted molar refractivity (Wildman–Crippen MR) is 118 cm³/mol. The van der Waals surface area contributed by atoms with Gasteiger partial charge in [0.05, 0.1) is 0 Å². The third kappa shape index (κ3) is 6.07. The number of para-hydroxylation sites is 2. The second-order valence-corrected chi connectivity index (χ2v) is 6.30. The van der Waals surface area contributed by atoms with Gasteiger partial charge in [0.1, 0.15) is 28.3 Å². The highest BCUT2D eigenvalue weighted by Crippen LogP contribution is 2.22. The molecule has 0 fully saturated rings. The molecular formula is C24H24N2O3. The van der Waals surface area contributed by atoms with Gasteiger partial charge in [-0.2, -0.15) is 0 Å². The Kier molecular flexibility index (Phi) is 7.32. The Labute approximate surface area is 169 Å². The lowest BCUT2D eigenvalue weighted by Gasteiger charge is -1.99. The monoisotopic (exact) mass is 388 g/mol. The summed E-state index contributed by atoms with van der Waals surface area (Å²) in [5.41, 5.74) is 3.20. The van der Waals surface area contributed by atoms with Crippen molar-refractivity contribution in [2.24, 2.45) is 0 Å². The molecule has 0 aliphatic carbocycles. The largest absolute Gasteiger partial charge is 0.509 e. The van der Waals surface area contributed by atoms with Crippen molar-refractivity contribution in [3.05, 3.63) is 97.0 Å². The maximum absolute atomic E-state index is 9.43. The lowest BCUT2D eigenvalue weighted by molar-refractivity contribution is 0.435. The number of hydrogen-bond donors (Lipinski definition) is 3. The van der Waals surface area contributed by atoms with E-state index < -0.39 is 0 Å². The molecular weight excluding hydrogens is 364 g/mol. The lowest BCUT2D eigenvalue weighted by Crippen LogP contribution is -1.82. The third-order valence-electron chi connectivity index (χ3n) is 3.91. The quantitative estimate of drug-likeness (QED) is 0.286. The fourth-order valence-corrected chi connectivity index (χ4v) is 2.46. The molecule has 2 heterocycles. The maximum atomic E-state index is 9.43. The summed E-state index contributed by atoms with van der Waals surface area (Å²) < 4.78 is 0. The molecule has 29 heavy (non-hydrogen) atoms. The van der Waals surface area contributed by atoms with Crippen molar-refractivity contribution in [1.29, 1.82) is 0 Å². The normalized spacial score (nSPS) is 9.72. The molecule has 4 aromatic rings. The zero-order valence-electron chi connectivity index (χ0n) is 16.5. The minimum Gasteiger partial charge on any atom is -0.509 e. The Balaban J connectivity index is 0.000000170. The SMILES string of the molecule is C=CC(=C)O.Cc1ccc2cccc(O)c2n1.Cc1ccc2cccc(O)c2n1. The molecule has 5 heteroatoms. The zero-order valence-corrected chi connectivity index (χ0v) is 16.5. The highest BCUT2D eigenvalue weighted by atomic mass is 16.3. The molecule has 0 bridgehead atoms. The number of aliphatic hydroxyl groups excluding tert-OH is 1. The van der Waals surface area contributed by atoms with Gasteiger partial charge in [0.2, 0.25) is 0 Å². The van der Waals surface area contributed by atoms with Crippen molar-refractivity contribution < 1.29 is 15.3 Å². The predicted octanol–water partition coefficient (Wildman–Crippen LogP) is 5.74. The van der Waals surface area contributed by atoms with Crippen LogP contribution in [-0.2, 0) is 0 Å². The Morgan fingerprint density at radius 2 is 1.14 bits per heavy atom. The molecule has 0 amide bonds. The molecule has 148 valence electrons. The summed E-state index contributed by atoms with van der Waals surface area (Å²) in [6, 6.07) is 18.6. The lowest BCUT2D eigenvalue weighted by atomic mass is 10.2. The van der Waals surface area contributed by atoms with Crippen molar-refractivity contribution in [2.45, 2.75) is 13.8 Å². The standard InChI is InChI=1S/2C10H9NO.C4H6O/c2*1-7-5-6-8-3-2-4-9(12)10(8)11-7;1-3-4(2)5/h2*2-6,12H,1H3;3,5H,1-2H2. The van der Waals surface area contributed by atoms with E-state index >= 15 is 0 Å². The number of benzene rings is 2. The number of aliphatic hydroxyl groups is 1. The fraction of sp³-hybridized carbons (Fsp3) is 0.0833. The Bertz CT molecular complexity index is 1070. The summed E-state index contributed by atoms with van der Waals surface area (Å²) >= 11 is 0. The van der Waals surface area contributed by atoms with Gasteiger partial charge < -0.3 is 15.3 Å². The average molecular weight is 388 g/mol. The van der Waals surface area contributed by atoms with Crippen LogP contribution in [0.15, 0.2) is 85.7 Å². The summed E-state index contributed by atoms with van der Waals surface area (Å²) in [6.45, 7) is 10.1. The number of rotatable bonds is 1. The van der Waals surface area contributed by atoms with Gasteiger partial charge in [0.25, 0.3) is 0 Å². The van der Waals surface area contributed by atoms with Crippen LogP contribution >= 0.6 is 0 Å². The van der Waals surface area contributed by atoms with Gasteiger partial charge in [-0.1, -0.05) is 49.6 Å². The maximum Gasteiger partial charge on any atom is 0.141 e. The van der Waals surface area contributed by atoms with Crippen LogP contribution in [0.25, 0.3) is 21.8 Å². The first kappa shape index (κ1) is 21.4. The molecule has 4 rings (SSSR count). The van der Waals surface area contributed by atoms with Gasteiger partial charge >= 0.3 is 0 Å². The second kappa shape index (κ2) is 9.90. The molecule has 0 unspecified atom stereocenters. The molecule has 0 saturated carbocycles. The number of pyridine rings is 2. The van der Waals surface area contributed by atoms with E-state index in [-0.39, 0.29) is 17.3 Å². The van der Waals surface area contributed by atoms with Crippen LogP contribution in [0.1, 0.15) is 11.4 Å². The van der Waals surface area contributed by atoms with Gasteiger partial charge in [-0.3, -0.25) is 0 Å². The van der Waals surface area contributed by atoms with E-state index in [2.05, 4.69) is 23.1 Å². The number of allylic oxidation sites excluding steroid dienone is 1. The van der Waals surface area contributed by atoms with E-state index in [9.17, 15) is 10.2 Å². The summed E-state index contributed by atoms with van der Waals surface area (Å²) in [7, 11) is 0. The van der Waals surface area contributed by atoms with Crippen molar-refractivity contribution >= 4 is 21.8 Å². The number of aryl methyl sites for hydroxylation is 2. The molecule has 0 spiro atoms. The number of fused-ring (bicyclic) bond motifs is 2. The minimum atomic E-state index is 0.0185. The number of aromatic nitrogens is 2. The molecule has 5 nitrogen and oxygen atoms in total. The fourth-order valence-electron chi connectivity index (χ4n) is 2.46. The van der Waals surface area contributed by atoms with E-state index in [1.807, 2.05) is 62.4 Å². The number of phenols is 2. The summed E-state index contributed by atoms with van der Waals surface area (Å²) in [4.78, 5) is 8.45. The zero-order chi connectivity index (χ0) is 21.4. The molecule has 0 atom stereocenters. The Hall–Kier alpha value is -3.86. The highest BCUT2D eigenvalue weighted by Gasteiger charge is 1.99. The molecule has 0 aliphatic heterocycles. The van der Waals surface area contributed by atoms with Crippen LogP contribution in [0.5, 0.6) is 11.5 Å². The highest BCUT2D eigenvalue weighted by molar-refractivity contribution is 5.84. The van der Waals surface area contributed by atoms with Crippen LogP contribution in [0.2, 0.25) is 0 Å². The first-order valence-electron chi connectivity index (χ1n) is 8.93. The number of nitrogens with zero attached hydrogens (tertiary/aromatic N) is 2. The van der Waals surface area contributed by atoms with Crippen LogP contribution in [0, 0.1) is 13.8 Å². The molecule has 0 radical (unpaired) electrons. The van der Waals surface area contributed by atoms with Crippen LogP contribution in [-0.4, -0.2) is 25.3 Å². The smallest absolute Gasteiger partial charge is 0.141 e. The van der Waals surface area contributed by atoms with Crippen molar-refractivity contribution in [2.75, 3.05) is 0 Å². The second-order valence-electron chi connectivity index (χ2n) is 6.30. The van der Waals surface area contributed by atoms with Crippen molar-refractivity contribution in [1.82, 2.24) is 9.97 Å². The van der Waals surface area contributed by atoms with Crippen molar-refractivity contribution in [3.8, 4) is 11.5 Å². The number of phenolic OH excluding ortho intramolecular Hbond substituents is 2. The van der Waals surface area contributed by atoms with Gasteiger partial charge in [-0.05, 0) is 44.2 Å². The van der Waals surface area contributed by atoms with Crippen LogP contribution < -0.4 is 0 Å². The average Bonchev–Trinajstić information content (AvgIpc) is 2.70. The van der Waals surface area contributed by atoms with Gasteiger partial charge in [0.15, 0.2) is 0 Å². The van der Waals surface area contributed by atoms with E-state index in [4.69, 9.17) is 5.11 Å². The Morgan fingerprint density at radius 1 is 0.759 bits per heavy atom. The molecule has 0 aliphatic rings. The first-order valence-corrected chi connectivity index (χ1v) is 8.93. The van der Waals surface area contributed by atoms with Crippen molar-refractivity contribution in [3.63, 3.8) is 0 Å². The van der Waals surface area contributed by atoms with Crippen LogP contribution in [0.3, 0.4) is 0 Å². The van der Waals surface area contributed by atoms with Gasteiger partial charge in [-0.15, -0.1) is 0 Å². The summed E-state index contributed by atoms with van der Waals surface area (Å²) in [6.07, 6.45) is 1.28. The van der Waals surface area contributed by atoms with Gasteiger partial charge in [-0.25, -0.2) is 9.97 Å². The molecule has 3 N–H and O–H groups in total. The van der Waals surface area contributed by atoms with E-state index in [1.54, 1.807) is 12.1 Å². The topological polar surface area (TPSA) is 86.5 Å². The minimum absolute atomic E-state index is 0.0185. The van der Waals surface area contributed by atoms with E-state index in [0.29, 0.717) is 11.0 Å². The first-order chi connectivity index (χ1) is 13.8. The molecule has 2 aromatic carbocycles. The van der Waals surface area contributed by atoms with E-state index in [0.717, 1.165) is 22.2 Å². The summed E-state index contributed by atoms with van der Waals surface area (Å²) in [5, 5.41) is 28.9. The van der Waals surface area contributed by atoms with Gasteiger partial charge in [0, 0.05) is 22.2 Å². The Morgan fingerprint density at radius 3 is 1.48 bits per heavy atom. The number of hydrogen-bond acceptors (Lipinski definition) is 5. The van der Waals surface area contributed by atoms with Crippen LogP contribution in [0.4, 0.5) is 0 Å².